The molecular formula is C22H23B2NO8. The van der Waals surface area contributed by atoms with Gasteiger partial charge in [0.05, 0.1) is 17.5 Å². The van der Waals surface area contributed by atoms with Gasteiger partial charge in [-0.15, -0.1) is 0 Å². The zero-order chi connectivity index (χ0) is 23.4. The number of allylic oxidation sites excluding steroid dienone is 2. The number of anilines is 1. The van der Waals surface area contributed by atoms with Crippen LogP contribution < -0.4 is 10.4 Å². The van der Waals surface area contributed by atoms with Crippen LogP contribution in [0.2, 0.25) is 0 Å². The number of furan rings is 1. The molecule has 11 heteroatoms. The number of hydrogen-bond donors (Lipinski definition) is 4. The molecule has 4 N–H and O–H groups in total. The minimum Gasteiger partial charge on any atom is -0.461 e. The maximum atomic E-state index is 13.6. The normalized spacial score (nSPS) is 27.2. The van der Waals surface area contributed by atoms with E-state index in [4.69, 9.17) is 9.07 Å². The van der Waals surface area contributed by atoms with Crippen molar-refractivity contribution in [2.75, 3.05) is 4.90 Å². The first-order valence-corrected chi connectivity index (χ1v) is 10.9. The summed E-state index contributed by atoms with van der Waals surface area (Å²) in [6.45, 7) is 1.57. The van der Waals surface area contributed by atoms with Gasteiger partial charge >= 0.3 is 14.2 Å². The summed E-state index contributed by atoms with van der Waals surface area (Å²) in [7, 11) is -2.96. The van der Waals surface area contributed by atoms with E-state index in [1.54, 1.807) is 24.3 Å². The van der Waals surface area contributed by atoms with Gasteiger partial charge in [-0.2, -0.15) is 0 Å². The Kier molecular flexibility index (Phi) is 5.54. The Balaban J connectivity index is 1.50. The molecule has 33 heavy (non-hydrogen) atoms. The third kappa shape index (κ3) is 3.56. The number of aliphatic hydroxyl groups is 1. The first-order chi connectivity index (χ1) is 15.8. The van der Waals surface area contributed by atoms with Crippen LogP contribution >= 0.6 is 0 Å². The second kappa shape index (κ2) is 8.27. The molecule has 1 aromatic heterocycles. The highest BCUT2D eigenvalue weighted by atomic mass is 16.5. The molecule has 170 valence electrons. The number of fused-ring (bicyclic) bond motifs is 3. The fraction of sp³-hybridized carbons (Fsp3) is 0.364. The summed E-state index contributed by atoms with van der Waals surface area (Å²) >= 11 is 0. The van der Waals surface area contributed by atoms with Crippen LogP contribution in [-0.2, 0) is 20.9 Å². The van der Waals surface area contributed by atoms with Crippen molar-refractivity contribution in [2.45, 2.75) is 32.5 Å². The number of nitrogens with zero attached hydrogens (tertiary/aromatic N) is 1. The lowest BCUT2D eigenvalue weighted by molar-refractivity contribution is -0.123. The molecule has 3 aliphatic rings. The average molecular weight is 451 g/mol. The zero-order valence-electron chi connectivity index (χ0n) is 17.9. The summed E-state index contributed by atoms with van der Waals surface area (Å²) in [6, 6.07) is 9.36. The minimum atomic E-state index is -1.72. The predicted octanol–water partition coefficient (Wildman–Crippen LogP) is 0.0750. The molecule has 2 saturated heterocycles. The molecule has 2 amide bonds. The molecule has 2 fully saturated rings. The molecule has 0 spiro atoms. The van der Waals surface area contributed by atoms with Crippen molar-refractivity contribution in [1.82, 2.24) is 0 Å². The third-order valence-electron chi connectivity index (χ3n) is 6.94. The van der Waals surface area contributed by atoms with E-state index in [0.717, 1.165) is 10.5 Å². The van der Waals surface area contributed by atoms with Gasteiger partial charge in [0.25, 0.3) is 0 Å². The van der Waals surface area contributed by atoms with Gasteiger partial charge in [-0.1, -0.05) is 17.7 Å². The number of carbonyl (C=O) groups is 2. The molecule has 0 unspecified atom stereocenters. The molecule has 0 radical (unpaired) electrons. The molecule has 4 atom stereocenters. The Labute approximate surface area is 190 Å². The van der Waals surface area contributed by atoms with Crippen molar-refractivity contribution < 1.29 is 38.8 Å². The summed E-state index contributed by atoms with van der Waals surface area (Å²) in [4.78, 5) is 28.0. The second-order valence-corrected chi connectivity index (χ2v) is 8.83. The Bertz CT molecular complexity index is 1140. The van der Waals surface area contributed by atoms with Crippen molar-refractivity contribution in [3.8, 4) is 0 Å². The topological polar surface area (TPSA) is 141 Å². The fourth-order valence-electron chi connectivity index (χ4n) is 5.47. The Morgan fingerprint density at radius 2 is 1.94 bits per heavy atom. The highest BCUT2D eigenvalue weighted by Gasteiger charge is 2.58. The van der Waals surface area contributed by atoms with Crippen LogP contribution in [0.1, 0.15) is 37.4 Å². The summed E-state index contributed by atoms with van der Waals surface area (Å²) in [6.07, 6.45) is 0.0387. The maximum absolute atomic E-state index is 13.6. The van der Waals surface area contributed by atoms with Crippen molar-refractivity contribution in [2.24, 2.45) is 17.8 Å². The van der Waals surface area contributed by atoms with Gasteiger partial charge in [0.15, 0.2) is 0 Å². The summed E-state index contributed by atoms with van der Waals surface area (Å²) in [5.41, 5.74) is 1.92. The quantitative estimate of drug-likeness (QED) is 0.379. The predicted molar refractivity (Wildman–Crippen MR) is 118 cm³/mol. The second-order valence-electron chi connectivity index (χ2n) is 8.83. The molecule has 2 aliphatic heterocycles. The molecule has 1 aromatic carbocycles. The van der Waals surface area contributed by atoms with E-state index in [2.05, 4.69) is 0 Å². The van der Waals surface area contributed by atoms with E-state index < -0.39 is 38.1 Å². The SMILES string of the molecule is CC1=C2B(O)O[C@H](c3ccc(CO)o3)C[C@H]2[C@H]2C(=O)N(c3cccc(B(O)O)c3)C(=O)[C@H]2C1. The van der Waals surface area contributed by atoms with E-state index in [-0.39, 0.29) is 29.6 Å². The first-order valence-electron chi connectivity index (χ1n) is 10.9. The number of aliphatic hydroxyl groups excluding tert-OH is 1. The van der Waals surface area contributed by atoms with Crippen LogP contribution in [-0.4, -0.2) is 46.2 Å². The molecule has 1 aliphatic carbocycles. The van der Waals surface area contributed by atoms with E-state index in [1.807, 2.05) is 6.92 Å². The highest BCUT2D eigenvalue weighted by molar-refractivity contribution is 6.58. The standard InChI is InChI=1S/C22H23B2NO8/c1-11-7-16-19(22(28)25(21(16)27)13-4-2-3-12(8-13)23(29)30)15-9-18(33-24(31)20(11)15)17-6-5-14(10-26)32-17/h2-6,8,15-16,18-19,26,29-31H,7,9-10H2,1H3/t15-,16-,18-,19+/m0/s1. The zero-order valence-corrected chi connectivity index (χ0v) is 17.9. The smallest absolute Gasteiger partial charge is 0.461 e. The van der Waals surface area contributed by atoms with E-state index in [0.29, 0.717) is 29.8 Å². The molecule has 3 heterocycles. The third-order valence-corrected chi connectivity index (χ3v) is 6.94. The summed E-state index contributed by atoms with van der Waals surface area (Å²) < 4.78 is 11.4. The largest absolute Gasteiger partial charge is 0.488 e. The van der Waals surface area contributed by atoms with Crippen LogP contribution in [0.5, 0.6) is 0 Å². The fourth-order valence-corrected chi connectivity index (χ4v) is 5.47. The Morgan fingerprint density at radius 3 is 2.64 bits per heavy atom. The number of imide groups is 1. The van der Waals surface area contributed by atoms with E-state index >= 15 is 0 Å². The van der Waals surface area contributed by atoms with Crippen LogP contribution in [0.4, 0.5) is 5.69 Å². The van der Waals surface area contributed by atoms with Crippen molar-refractivity contribution in [3.63, 3.8) is 0 Å². The van der Waals surface area contributed by atoms with Gasteiger partial charge in [0.2, 0.25) is 11.8 Å². The van der Waals surface area contributed by atoms with Gasteiger partial charge in [0, 0.05) is 0 Å². The van der Waals surface area contributed by atoms with Crippen LogP contribution in [0.15, 0.2) is 51.9 Å². The number of carbonyl (C=O) groups excluding carboxylic acids is 2. The maximum Gasteiger partial charge on any atom is 0.488 e. The minimum absolute atomic E-state index is 0.178. The molecule has 0 bridgehead atoms. The number of hydrogen-bond acceptors (Lipinski definition) is 8. The van der Waals surface area contributed by atoms with Gasteiger partial charge in [0.1, 0.15) is 24.2 Å². The monoisotopic (exact) mass is 451 g/mol. The summed E-state index contributed by atoms with van der Waals surface area (Å²) in [5.74, 6) is -1.59. The molecule has 9 nitrogen and oxygen atoms in total. The first kappa shape index (κ1) is 22.1. The lowest BCUT2D eigenvalue weighted by Crippen LogP contribution is -2.44. The van der Waals surface area contributed by atoms with Crippen LogP contribution in [0, 0.1) is 17.8 Å². The van der Waals surface area contributed by atoms with E-state index in [9.17, 15) is 29.8 Å². The lowest BCUT2D eigenvalue weighted by Gasteiger charge is -2.40. The Morgan fingerprint density at radius 1 is 1.15 bits per heavy atom. The molecule has 5 rings (SSSR count). The molecule has 2 aromatic rings. The molecular weight excluding hydrogens is 428 g/mol. The highest BCUT2D eigenvalue weighted by Crippen LogP contribution is 2.51. The number of rotatable bonds is 4. The van der Waals surface area contributed by atoms with Crippen LogP contribution in [0.25, 0.3) is 0 Å². The van der Waals surface area contributed by atoms with Gasteiger partial charge in [-0.3, -0.25) is 14.5 Å². The van der Waals surface area contributed by atoms with Crippen molar-refractivity contribution >= 4 is 37.2 Å². The molecule has 0 saturated carbocycles. The van der Waals surface area contributed by atoms with Gasteiger partial charge in [-0.05, 0) is 60.9 Å². The Hall–Kier alpha value is -2.69. The van der Waals surface area contributed by atoms with Gasteiger partial charge in [-0.25, -0.2) is 0 Å². The lowest BCUT2D eigenvalue weighted by atomic mass is 9.55. The van der Waals surface area contributed by atoms with Crippen molar-refractivity contribution in [3.05, 3.63) is 59.0 Å². The number of amides is 2. The van der Waals surface area contributed by atoms with Crippen LogP contribution in [0.3, 0.4) is 0 Å². The van der Waals surface area contributed by atoms with E-state index in [1.165, 1.54) is 12.1 Å². The van der Waals surface area contributed by atoms with Gasteiger partial charge < -0.3 is 29.3 Å². The average Bonchev–Trinajstić information content (AvgIpc) is 3.36. The number of benzene rings is 1. The van der Waals surface area contributed by atoms with Crippen molar-refractivity contribution in [1.29, 1.82) is 0 Å². The summed E-state index contributed by atoms with van der Waals surface area (Å²) in [5, 5.41) is 39.1.